The van der Waals surface area contributed by atoms with E-state index >= 15 is 0 Å². The second-order valence-corrected chi connectivity index (χ2v) is 4.34. The maximum Gasteiger partial charge on any atom is 0.125 e. The van der Waals surface area contributed by atoms with Crippen LogP contribution in [0.1, 0.15) is 18.6 Å². The molecule has 0 aliphatic heterocycles. The van der Waals surface area contributed by atoms with E-state index in [2.05, 4.69) is 0 Å². The fraction of sp³-hybridized carbons (Fsp3) is 0.273. The Hall–Kier alpha value is -0.410. The molecule has 0 heterocycles. The molecular formula is C11H11Cl3O2. The van der Waals surface area contributed by atoms with Crippen molar-refractivity contribution in [2.45, 2.75) is 13.0 Å². The lowest BCUT2D eigenvalue weighted by Crippen LogP contribution is -2.02. The molecule has 1 aromatic rings. The number of hydrogen-bond acceptors (Lipinski definition) is 2. The first-order valence-corrected chi connectivity index (χ1v) is 5.79. The molecule has 0 amide bonds. The average Bonchev–Trinajstić information content (AvgIpc) is 2.26. The Morgan fingerprint density at radius 2 is 2.25 bits per heavy atom. The summed E-state index contributed by atoms with van der Waals surface area (Å²) in [6.07, 6.45) is -0.660. The summed E-state index contributed by atoms with van der Waals surface area (Å²) >= 11 is 16.9. The number of rotatable bonds is 4. The van der Waals surface area contributed by atoms with Gasteiger partial charge in [-0.25, -0.2) is 0 Å². The van der Waals surface area contributed by atoms with Crippen LogP contribution < -0.4 is 4.74 Å². The number of hydrogen-bond donors (Lipinski definition) is 1. The molecule has 88 valence electrons. The summed E-state index contributed by atoms with van der Waals surface area (Å²) in [7, 11) is 0. The zero-order chi connectivity index (χ0) is 12.1. The molecule has 1 atom stereocenters. The largest absolute Gasteiger partial charge is 0.488 e. The summed E-state index contributed by atoms with van der Waals surface area (Å²) in [6, 6.07) is 5.02. The van der Waals surface area contributed by atoms with Crippen LogP contribution in [0.4, 0.5) is 0 Å². The number of aliphatic hydroxyl groups excluding tert-OH is 1. The maximum absolute atomic E-state index is 9.54. The minimum Gasteiger partial charge on any atom is -0.488 e. The minimum absolute atomic E-state index is 0.159. The van der Waals surface area contributed by atoms with Crippen molar-refractivity contribution in [3.8, 4) is 5.75 Å². The maximum atomic E-state index is 9.54. The van der Waals surface area contributed by atoms with Gasteiger partial charge in [0.2, 0.25) is 0 Å². The number of benzene rings is 1. The first kappa shape index (κ1) is 13.7. The van der Waals surface area contributed by atoms with E-state index in [4.69, 9.17) is 39.5 Å². The van der Waals surface area contributed by atoms with Gasteiger partial charge in [0.15, 0.2) is 0 Å². The molecule has 0 fully saturated rings. The van der Waals surface area contributed by atoms with Crippen LogP contribution in [0, 0.1) is 0 Å². The Bertz CT molecular complexity index is 389. The Morgan fingerprint density at radius 1 is 1.56 bits per heavy atom. The van der Waals surface area contributed by atoms with Crippen molar-refractivity contribution in [1.29, 1.82) is 0 Å². The molecule has 0 unspecified atom stereocenters. The van der Waals surface area contributed by atoms with Crippen LogP contribution in [0.5, 0.6) is 5.75 Å². The highest BCUT2D eigenvalue weighted by Crippen LogP contribution is 2.28. The van der Waals surface area contributed by atoms with Gasteiger partial charge in [0.1, 0.15) is 12.4 Å². The van der Waals surface area contributed by atoms with Gasteiger partial charge in [-0.2, -0.15) is 0 Å². The summed E-state index contributed by atoms with van der Waals surface area (Å²) in [5.41, 5.74) is 1.85. The van der Waals surface area contributed by atoms with E-state index in [1.165, 1.54) is 5.54 Å². The summed E-state index contributed by atoms with van der Waals surface area (Å²) in [5, 5.41) is 10.5. The highest BCUT2D eigenvalue weighted by Gasteiger charge is 2.10. The second kappa shape index (κ2) is 6.36. The van der Waals surface area contributed by atoms with Gasteiger partial charge in [-0.1, -0.05) is 34.8 Å². The molecule has 1 rings (SSSR count). The highest BCUT2D eigenvalue weighted by atomic mass is 35.5. The van der Waals surface area contributed by atoms with E-state index < -0.39 is 6.10 Å². The zero-order valence-corrected chi connectivity index (χ0v) is 10.9. The summed E-state index contributed by atoms with van der Waals surface area (Å²) in [5.74, 6) is 0.538. The van der Waals surface area contributed by atoms with E-state index in [-0.39, 0.29) is 6.61 Å². The lowest BCUT2D eigenvalue weighted by atomic mass is 10.1. The average molecular weight is 282 g/mol. The molecule has 0 aliphatic rings. The molecule has 0 saturated carbocycles. The van der Waals surface area contributed by atoms with Crippen molar-refractivity contribution in [2.75, 3.05) is 6.61 Å². The van der Waals surface area contributed by atoms with Gasteiger partial charge >= 0.3 is 0 Å². The molecule has 2 nitrogen and oxygen atoms in total. The summed E-state index contributed by atoms with van der Waals surface area (Å²) in [4.78, 5) is 0. The Labute approximate surface area is 109 Å². The van der Waals surface area contributed by atoms with E-state index in [9.17, 15) is 5.11 Å². The lowest BCUT2D eigenvalue weighted by molar-refractivity contribution is 0.193. The number of aliphatic hydroxyl groups is 1. The van der Waals surface area contributed by atoms with Gasteiger partial charge in [-0.15, -0.1) is 0 Å². The van der Waals surface area contributed by atoms with Crippen molar-refractivity contribution in [3.63, 3.8) is 0 Å². The van der Waals surface area contributed by atoms with E-state index in [0.29, 0.717) is 21.4 Å². The predicted molar refractivity (Wildman–Crippen MR) is 67.4 cm³/mol. The van der Waals surface area contributed by atoms with Crippen LogP contribution in [0.25, 0.3) is 0 Å². The number of halogens is 3. The second-order valence-electron chi connectivity index (χ2n) is 3.20. The van der Waals surface area contributed by atoms with Crippen LogP contribution >= 0.6 is 34.8 Å². The van der Waals surface area contributed by atoms with Crippen LogP contribution in [0.3, 0.4) is 0 Å². The molecule has 0 spiro atoms. The Morgan fingerprint density at radius 3 is 2.81 bits per heavy atom. The van der Waals surface area contributed by atoms with E-state index in [1.807, 2.05) is 0 Å². The summed E-state index contributed by atoms with van der Waals surface area (Å²) < 4.78 is 5.40. The van der Waals surface area contributed by atoms with Crippen molar-refractivity contribution in [2.24, 2.45) is 0 Å². The molecule has 0 radical (unpaired) electrons. The smallest absolute Gasteiger partial charge is 0.125 e. The quantitative estimate of drug-likeness (QED) is 0.900. The van der Waals surface area contributed by atoms with Crippen molar-refractivity contribution in [1.82, 2.24) is 0 Å². The van der Waals surface area contributed by atoms with Crippen LogP contribution in [-0.4, -0.2) is 11.7 Å². The molecule has 16 heavy (non-hydrogen) atoms. The molecule has 1 aromatic carbocycles. The third-order valence-electron chi connectivity index (χ3n) is 1.91. The minimum atomic E-state index is -0.660. The van der Waals surface area contributed by atoms with Crippen molar-refractivity contribution >= 4 is 34.8 Å². The van der Waals surface area contributed by atoms with Gasteiger partial charge in [-0.3, -0.25) is 0 Å². The van der Waals surface area contributed by atoms with Crippen LogP contribution in [-0.2, 0) is 0 Å². The topological polar surface area (TPSA) is 29.5 Å². The molecule has 0 saturated heterocycles. The molecule has 0 aliphatic carbocycles. The summed E-state index contributed by atoms with van der Waals surface area (Å²) in [6.45, 7) is 1.80. The van der Waals surface area contributed by atoms with Gasteiger partial charge in [0.25, 0.3) is 0 Å². The zero-order valence-electron chi connectivity index (χ0n) is 8.58. The van der Waals surface area contributed by atoms with E-state index in [0.717, 1.165) is 0 Å². The molecule has 0 bridgehead atoms. The Balaban J connectivity index is 2.87. The van der Waals surface area contributed by atoms with Crippen molar-refractivity contribution in [3.05, 3.63) is 39.4 Å². The van der Waals surface area contributed by atoms with Gasteiger partial charge in [0.05, 0.1) is 11.1 Å². The van der Waals surface area contributed by atoms with Gasteiger partial charge in [-0.05, 0) is 25.1 Å². The fourth-order valence-electron chi connectivity index (χ4n) is 1.16. The standard InChI is InChI=1S/C11H11Cl3O2/c1-7(15)10-4-8(13)2-3-11(10)16-6-9(14)5-12/h2-5,7,15H,6H2,1H3/t7-/m0/s1. The van der Waals surface area contributed by atoms with E-state index in [1.54, 1.807) is 25.1 Å². The first-order chi connectivity index (χ1) is 7.54. The third-order valence-corrected chi connectivity index (χ3v) is 2.73. The SMILES string of the molecule is C[C@H](O)c1cc(Cl)ccc1OCC(Cl)=CCl. The number of ether oxygens (including phenoxy) is 1. The van der Waals surface area contributed by atoms with Crippen LogP contribution in [0.15, 0.2) is 28.8 Å². The lowest BCUT2D eigenvalue weighted by Gasteiger charge is -2.13. The molecule has 1 N–H and O–H groups in total. The van der Waals surface area contributed by atoms with Gasteiger partial charge in [0, 0.05) is 16.1 Å². The fourth-order valence-corrected chi connectivity index (χ4v) is 1.45. The molecular weight excluding hydrogens is 270 g/mol. The molecule has 0 aromatic heterocycles. The Kier molecular flexibility index (Phi) is 5.42. The first-order valence-electron chi connectivity index (χ1n) is 4.59. The molecule has 5 heteroatoms. The third kappa shape index (κ3) is 3.87. The predicted octanol–water partition coefficient (Wildman–Crippen LogP) is 4.09. The van der Waals surface area contributed by atoms with Crippen LogP contribution in [0.2, 0.25) is 5.02 Å². The normalized spacial score (nSPS) is 13.7. The van der Waals surface area contributed by atoms with Gasteiger partial charge < -0.3 is 9.84 Å². The van der Waals surface area contributed by atoms with Crippen molar-refractivity contribution < 1.29 is 9.84 Å². The highest BCUT2D eigenvalue weighted by molar-refractivity contribution is 6.36. The monoisotopic (exact) mass is 280 g/mol.